The normalized spacial score (nSPS) is 17.9. The second-order valence-corrected chi connectivity index (χ2v) is 8.47. The van der Waals surface area contributed by atoms with E-state index in [-0.39, 0.29) is 19.4 Å². The molecule has 0 radical (unpaired) electrons. The van der Waals surface area contributed by atoms with Crippen molar-refractivity contribution in [2.24, 2.45) is 7.05 Å². The molecule has 2 aromatic heterocycles. The van der Waals surface area contributed by atoms with E-state index in [1.54, 1.807) is 18.0 Å². The third-order valence-electron chi connectivity index (χ3n) is 6.46. The van der Waals surface area contributed by atoms with Crippen LogP contribution >= 0.6 is 0 Å². The zero-order valence-electron chi connectivity index (χ0n) is 18.1. The van der Waals surface area contributed by atoms with Gasteiger partial charge >= 0.3 is 0 Å². The van der Waals surface area contributed by atoms with Crippen molar-refractivity contribution in [2.75, 3.05) is 25.0 Å². The Hall–Kier alpha value is -2.61. The molecule has 1 aromatic carbocycles. The number of nitrogens with zero attached hydrogens (tertiary/aromatic N) is 4. The van der Waals surface area contributed by atoms with E-state index in [9.17, 15) is 8.78 Å². The molecule has 1 N–H and O–H groups in total. The lowest BCUT2D eigenvalue weighted by molar-refractivity contribution is 0.0166. The molecule has 1 unspecified atom stereocenters. The highest BCUT2D eigenvalue weighted by Gasteiger charge is 2.40. The van der Waals surface area contributed by atoms with Crippen LogP contribution in [0.1, 0.15) is 25.6 Å². The molecule has 0 saturated carbocycles. The van der Waals surface area contributed by atoms with Crippen molar-refractivity contribution in [1.82, 2.24) is 19.4 Å². The van der Waals surface area contributed by atoms with Gasteiger partial charge in [-0.25, -0.2) is 23.1 Å². The summed E-state index contributed by atoms with van der Waals surface area (Å²) in [5.74, 6) is 1.54. The van der Waals surface area contributed by atoms with Crippen LogP contribution in [-0.2, 0) is 7.05 Å². The lowest BCUT2D eigenvalue weighted by Gasteiger charge is -2.40. The highest BCUT2D eigenvalue weighted by molar-refractivity contribution is 5.88. The molecule has 166 valence electrons. The number of fused-ring (bicyclic) bond motifs is 1. The van der Waals surface area contributed by atoms with Gasteiger partial charge in [-0.15, -0.1) is 0 Å². The molecule has 1 aliphatic heterocycles. The first kappa shape index (κ1) is 21.6. The average Bonchev–Trinajstić information content (AvgIpc) is 3.07. The molecule has 1 aliphatic rings. The van der Waals surface area contributed by atoms with E-state index < -0.39 is 18.1 Å². The van der Waals surface area contributed by atoms with Gasteiger partial charge in [0, 0.05) is 37.3 Å². The number of aromatic nitrogens is 3. The number of pyridine rings is 1. The van der Waals surface area contributed by atoms with Gasteiger partial charge in [-0.3, -0.25) is 4.90 Å². The second kappa shape index (κ2) is 8.49. The van der Waals surface area contributed by atoms with Gasteiger partial charge in [0.05, 0.1) is 24.5 Å². The molecule has 0 amide bonds. The van der Waals surface area contributed by atoms with Crippen LogP contribution in [0.4, 0.5) is 19.0 Å². The number of piperidine rings is 1. The summed E-state index contributed by atoms with van der Waals surface area (Å²) in [6.07, 6.45) is 1.70. The van der Waals surface area contributed by atoms with Gasteiger partial charge in [-0.1, -0.05) is 12.1 Å². The number of anilines is 1. The molecule has 3 heterocycles. The Kier molecular flexibility index (Phi) is 5.92. The molecule has 8 heteroatoms. The largest absolute Gasteiger partial charge is 0.364 e. The van der Waals surface area contributed by atoms with Gasteiger partial charge in [0.15, 0.2) is 0 Å². The average molecular weight is 432 g/mol. The summed E-state index contributed by atoms with van der Waals surface area (Å²) < 4.78 is 42.7. The molecule has 0 aliphatic carbocycles. The standard InChI is InChI=1S/C23H28F3N5/c1-15(23(26)6-8-31(9-7-23)14-21(24)25)29-22-11-19-10-17(4-5-18(19)12-28-22)20-13-27-16(2)30(20)3/h4-5,10-13,15,21H,6-9,14H2,1-3H3,(H,28,29). The van der Waals surface area contributed by atoms with Gasteiger partial charge < -0.3 is 9.88 Å². The fourth-order valence-electron chi connectivity index (χ4n) is 4.24. The highest BCUT2D eigenvalue weighted by Crippen LogP contribution is 2.32. The number of likely N-dealkylation sites (tertiary alicyclic amines) is 1. The number of hydrogen-bond acceptors (Lipinski definition) is 4. The first-order valence-corrected chi connectivity index (χ1v) is 10.6. The molecule has 3 aromatic rings. The van der Waals surface area contributed by atoms with Crippen molar-refractivity contribution < 1.29 is 13.2 Å². The number of hydrogen-bond donors (Lipinski definition) is 1. The van der Waals surface area contributed by atoms with Crippen molar-refractivity contribution in [3.63, 3.8) is 0 Å². The predicted octanol–water partition coefficient (Wildman–Crippen LogP) is 4.81. The highest BCUT2D eigenvalue weighted by atomic mass is 19.3. The van der Waals surface area contributed by atoms with E-state index in [2.05, 4.69) is 21.4 Å². The van der Waals surface area contributed by atoms with Crippen molar-refractivity contribution in [1.29, 1.82) is 0 Å². The third kappa shape index (κ3) is 4.54. The Morgan fingerprint density at radius 1 is 1.10 bits per heavy atom. The van der Waals surface area contributed by atoms with E-state index >= 15 is 4.39 Å². The number of imidazole rings is 1. The Morgan fingerprint density at radius 2 is 1.84 bits per heavy atom. The summed E-state index contributed by atoms with van der Waals surface area (Å²) in [5, 5.41) is 5.20. The topological polar surface area (TPSA) is 46.0 Å². The molecular weight excluding hydrogens is 403 g/mol. The second-order valence-electron chi connectivity index (χ2n) is 8.47. The van der Waals surface area contributed by atoms with Crippen molar-refractivity contribution in [3.8, 4) is 11.3 Å². The van der Waals surface area contributed by atoms with Crippen LogP contribution in [-0.4, -0.2) is 57.2 Å². The number of halogens is 3. The van der Waals surface area contributed by atoms with Crippen LogP contribution in [0.3, 0.4) is 0 Å². The zero-order chi connectivity index (χ0) is 22.2. The summed E-state index contributed by atoms with van der Waals surface area (Å²) in [6.45, 7) is 4.14. The Balaban J connectivity index is 1.50. The summed E-state index contributed by atoms with van der Waals surface area (Å²) in [4.78, 5) is 10.4. The molecule has 4 rings (SSSR count). The summed E-state index contributed by atoms with van der Waals surface area (Å²) in [5.41, 5.74) is 0.620. The maximum Gasteiger partial charge on any atom is 0.251 e. The monoisotopic (exact) mass is 431 g/mol. The van der Waals surface area contributed by atoms with E-state index in [0.717, 1.165) is 27.9 Å². The molecule has 1 saturated heterocycles. The first-order chi connectivity index (χ1) is 14.7. The maximum atomic E-state index is 15.5. The predicted molar refractivity (Wildman–Crippen MR) is 117 cm³/mol. The Morgan fingerprint density at radius 3 is 2.48 bits per heavy atom. The number of rotatable bonds is 6. The van der Waals surface area contributed by atoms with Crippen LogP contribution in [0.15, 0.2) is 36.7 Å². The van der Waals surface area contributed by atoms with Crippen LogP contribution in [0, 0.1) is 6.92 Å². The number of nitrogens with one attached hydrogen (secondary N) is 1. The number of benzene rings is 1. The van der Waals surface area contributed by atoms with Crippen LogP contribution < -0.4 is 5.32 Å². The summed E-state index contributed by atoms with van der Waals surface area (Å²) >= 11 is 0. The van der Waals surface area contributed by atoms with Gasteiger partial charge in [-0.2, -0.15) is 0 Å². The zero-order valence-corrected chi connectivity index (χ0v) is 18.1. The van der Waals surface area contributed by atoms with E-state index in [1.807, 2.05) is 42.9 Å². The van der Waals surface area contributed by atoms with Crippen LogP contribution in [0.2, 0.25) is 0 Å². The minimum absolute atomic E-state index is 0.228. The SMILES string of the molecule is Cc1ncc(-c2ccc3cnc(NC(C)C4(F)CCN(CC(F)F)CC4)cc3c2)n1C. The quantitative estimate of drug-likeness (QED) is 0.608. The first-order valence-electron chi connectivity index (χ1n) is 10.6. The summed E-state index contributed by atoms with van der Waals surface area (Å²) in [6, 6.07) is 7.59. The third-order valence-corrected chi connectivity index (χ3v) is 6.46. The Bertz CT molecular complexity index is 1060. The Labute approximate surface area is 180 Å². The molecule has 5 nitrogen and oxygen atoms in total. The summed E-state index contributed by atoms with van der Waals surface area (Å²) in [7, 11) is 1.98. The molecular formula is C23H28F3N5. The van der Waals surface area contributed by atoms with Crippen molar-refractivity contribution in [2.45, 2.75) is 44.8 Å². The lowest BCUT2D eigenvalue weighted by Crippen LogP contribution is -2.50. The molecule has 31 heavy (non-hydrogen) atoms. The van der Waals surface area contributed by atoms with Gasteiger partial charge in [-0.05, 0) is 44.2 Å². The molecule has 1 atom stereocenters. The fraction of sp³-hybridized carbons (Fsp3) is 0.478. The van der Waals surface area contributed by atoms with Gasteiger partial charge in [0.1, 0.15) is 17.3 Å². The van der Waals surface area contributed by atoms with Gasteiger partial charge in [0.2, 0.25) is 0 Å². The molecule has 0 spiro atoms. The molecule has 0 bridgehead atoms. The maximum absolute atomic E-state index is 15.5. The van der Waals surface area contributed by atoms with E-state index in [0.29, 0.717) is 18.9 Å². The molecule has 1 fully saturated rings. The smallest absolute Gasteiger partial charge is 0.251 e. The van der Waals surface area contributed by atoms with Gasteiger partial charge in [0.25, 0.3) is 6.43 Å². The van der Waals surface area contributed by atoms with Crippen molar-refractivity contribution >= 4 is 16.6 Å². The van der Waals surface area contributed by atoms with Crippen LogP contribution in [0.5, 0.6) is 0 Å². The van der Waals surface area contributed by atoms with E-state index in [1.165, 1.54) is 0 Å². The minimum Gasteiger partial charge on any atom is -0.364 e. The van der Waals surface area contributed by atoms with Crippen molar-refractivity contribution in [3.05, 3.63) is 42.5 Å². The fourth-order valence-corrected chi connectivity index (χ4v) is 4.24. The number of alkyl halides is 3. The van der Waals surface area contributed by atoms with E-state index in [4.69, 9.17) is 0 Å². The lowest BCUT2D eigenvalue weighted by atomic mass is 9.87. The van der Waals surface area contributed by atoms with Crippen LogP contribution in [0.25, 0.3) is 22.0 Å². The minimum atomic E-state index is -2.38. The number of aryl methyl sites for hydroxylation is 1.